The normalized spacial score (nSPS) is 12.3. The van der Waals surface area contributed by atoms with Crippen molar-refractivity contribution in [2.45, 2.75) is 354 Å². The lowest BCUT2D eigenvalue weighted by Gasteiger charge is -2.18. The first-order valence-electron chi connectivity index (χ1n) is 32.6. The standard InChI is InChI=1S/C68H124O6/c1-4-7-10-13-16-19-21-23-25-27-29-31-32-33-34-35-36-38-39-41-43-45-47-49-52-55-58-61-67(70)73-64-65(63-72-66(69)60-57-54-51-18-15-12-9-6-3)74-68(71)62-59-56-53-50-48-46-44-42-40-37-30-28-26-24-22-20-17-14-11-8-5-2/h7,10,16,19,23,25,29,31,65H,4-6,8-9,11-15,17-18,20-22,24,26-28,30,32-64H2,1-3H3/b10-7-,19-16-,25-23-,31-29-. The number of esters is 3. The SMILES string of the molecule is CC/C=C\C/C=C\C/C=C\C/C=C\CCCCCCCCCCCCCCCCC(=O)OCC(COC(=O)CCCCCCCCCC)OC(=O)CCCCCCCCCCCCCCCCCCCCCCC. The van der Waals surface area contributed by atoms with Crippen LogP contribution >= 0.6 is 0 Å². The van der Waals surface area contributed by atoms with Crippen LogP contribution < -0.4 is 0 Å². The second kappa shape index (κ2) is 62.9. The summed E-state index contributed by atoms with van der Waals surface area (Å²) in [7, 11) is 0. The van der Waals surface area contributed by atoms with Crippen LogP contribution in [-0.4, -0.2) is 37.2 Å². The molecule has 0 aromatic carbocycles. The Hall–Kier alpha value is -2.63. The van der Waals surface area contributed by atoms with Crippen LogP contribution in [0.1, 0.15) is 348 Å². The number of ether oxygens (including phenoxy) is 3. The minimum atomic E-state index is -0.768. The van der Waals surface area contributed by atoms with Gasteiger partial charge in [-0.3, -0.25) is 14.4 Å². The van der Waals surface area contributed by atoms with Crippen LogP contribution in [0.4, 0.5) is 0 Å². The predicted molar refractivity (Wildman–Crippen MR) is 321 cm³/mol. The van der Waals surface area contributed by atoms with E-state index in [1.165, 1.54) is 225 Å². The Morgan fingerprint density at radius 2 is 0.527 bits per heavy atom. The van der Waals surface area contributed by atoms with Gasteiger partial charge >= 0.3 is 17.9 Å². The summed E-state index contributed by atoms with van der Waals surface area (Å²) in [5.41, 5.74) is 0. The number of carbonyl (C=O) groups is 3. The smallest absolute Gasteiger partial charge is 0.306 e. The molecule has 0 rings (SSSR count). The van der Waals surface area contributed by atoms with E-state index >= 15 is 0 Å². The minimum absolute atomic E-state index is 0.0675. The predicted octanol–water partition coefficient (Wildman–Crippen LogP) is 22.2. The zero-order chi connectivity index (χ0) is 53.6. The fourth-order valence-electron chi connectivity index (χ4n) is 9.73. The van der Waals surface area contributed by atoms with E-state index in [1.807, 2.05) is 0 Å². The number of hydrogen-bond donors (Lipinski definition) is 0. The van der Waals surface area contributed by atoms with Gasteiger partial charge in [0.1, 0.15) is 13.2 Å². The molecule has 74 heavy (non-hydrogen) atoms. The molecule has 0 aliphatic carbocycles. The lowest BCUT2D eigenvalue weighted by molar-refractivity contribution is -0.167. The summed E-state index contributed by atoms with van der Waals surface area (Å²) in [6, 6.07) is 0. The van der Waals surface area contributed by atoms with Crippen molar-refractivity contribution in [1.29, 1.82) is 0 Å². The zero-order valence-corrected chi connectivity index (χ0v) is 49.6. The molecule has 0 aliphatic heterocycles. The molecular formula is C68H124O6. The molecule has 6 nitrogen and oxygen atoms in total. The van der Waals surface area contributed by atoms with E-state index in [0.29, 0.717) is 19.3 Å². The summed E-state index contributed by atoms with van der Waals surface area (Å²) in [4.78, 5) is 38.2. The molecule has 0 radical (unpaired) electrons. The third-order valence-electron chi connectivity index (χ3n) is 14.6. The van der Waals surface area contributed by atoms with Gasteiger partial charge in [-0.2, -0.15) is 0 Å². The van der Waals surface area contributed by atoms with E-state index < -0.39 is 6.10 Å². The van der Waals surface area contributed by atoms with E-state index in [4.69, 9.17) is 14.2 Å². The number of unbranched alkanes of at least 4 members (excludes halogenated alkanes) is 41. The molecule has 0 aromatic heterocycles. The first-order valence-corrected chi connectivity index (χ1v) is 32.6. The molecule has 0 aliphatic rings. The van der Waals surface area contributed by atoms with Gasteiger partial charge < -0.3 is 14.2 Å². The second-order valence-electron chi connectivity index (χ2n) is 22.0. The van der Waals surface area contributed by atoms with Crippen LogP contribution in [-0.2, 0) is 28.6 Å². The monoisotopic (exact) mass is 1040 g/mol. The van der Waals surface area contributed by atoms with Gasteiger partial charge in [-0.15, -0.1) is 0 Å². The summed E-state index contributed by atoms with van der Waals surface area (Å²) in [5, 5.41) is 0. The quantitative estimate of drug-likeness (QED) is 0.0261. The minimum Gasteiger partial charge on any atom is -0.462 e. The summed E-state index contributed by atoms with van der Waals surface area (Å²) in [6.07, 6.45) is 78.6. The Bertz CT molecular complexity index is 1280. The third-order valence-corrected chi connectivity index (χ3v) is 14.6. The number of rotatable bonds is 60. The van der Waals surface area contributed by atoms with Gasteiger partial charge in [-0.1, -0.05) is 320 Å². The lowest BCUT2D eigenvalue weighted by Crippen LogP contribution is -2.30. The molecule has 6 heteroatoms. The van der Waals surface area contributed by atoms with Crippen molar-refractivity contribution in [3.8, 4) is 0 Å². The third kappa shape index (κ3) is 60.2. The van der Waals surface area contributed by atoms with E-state index in [1.54, 1.807) is 0 Å². The maximum Gasteiger partial charge on any atom is 0.306 e. The molecule has 1 unspecified atom stereocenters. The molecule has 0 saturated heterocycles. The van der Waals surface area contributed by atoms with Crippen molar-refractivity contribution < 1.29 is 28.6 Å². The van der Waals surface area contributed by atoms with Crippen LogP contribution in [0.15, 0.2) is 48.6 Å². The molecule has 0 fully saturated rings. The second-order valence-corrected chi connectivity index (χ2v) is 22.0. The van der Waals surface area contributed by atoms with Gasteiger partial charge in [0.2, 0.25) is 0 Å². The van der Waals surface area contributed by atoms with Crippen molar-refractivity contribution >= 4 is 17.9 Å². The lowest BCUT2D eigenvalue weighted by atomic mass is 10.0. The van der Waals surface area contributed by atoms with Crippen LogP contribution in [0.5, 0.6) is 0 Å². The van der Waals surface area contributed by atoms with Crippen LogP contribution in [0.3, 0.4) is 0 Å². The van der Waals surface area contributed by atoms with Gasteiger partial charge in [0.15, 0.2) is 6.10 Å². The molecule has 0 aromatic rings. The van der Waals surface area contributed by atoms with Gasteiger partial charge in [-0.05, 0) is 57.8 Å². The highest BCUT2D eigenvalue weighted by molar-refractivity contribution is 5.71. The average Bonchev–Trinajstić information content (AvgIpc) is 3.40. The molecule has 0 bridgehead atoms. The highest BCUT2D eigenvalue weighted by atomic mass is 16.6. The first-order chi connectivity index (χ1) is 36.5. The highest BCUT2D eigenvalue weighted by Gasteiger charge is 2.19. The Kier molecular flexibility index (Phi) is 60.7. The number of allylic oxidation sites excluding steroid dienone is 8. The van der Waals surface area contributed by atoms with Gasteiger partial charge in [0.25, 0.3) is 0 Å². The molecule has 432 valence electrons. The van der Waals surface area contributed by atoms with Gasteiger partial charge in [0.05, 0.1) is 0 Å². The van der Waals surface area contributed by atoms with Crippen molar-refractivity contribution in [3.05, 3.63) is 48.6 Å². The maximum atomic E-state index is 12.9. The first kappa shape index (κ1) is 71.4. The molecule has 0 amide bonds. The largest absolute Gasteiger partial charge is 0.462 e. The van der Waals surface area contributed by atoms with Gasteiger partial charge in [-0.25, -0.2) is 0 Å². The van der Waals surface area contributed by atoms with Crippen molar-refractivity contribution in [3.63, 3.8) is 0 Å². The topological polar surface area (TPSA) is 78.9 Å². The van der Waals surface area contributed by atoms with Crippen LogP contribution in [0.25, 0.3) is 0 Å². The molecule has 0 saturated carbocycles. The summed E-state index contributed by atoms with van der Waals surface area (Å²) in [5.74, 6) is -0.850. The highest BCUT2D eigenvalue weighted by Crippen LogP contribution is 2.18. The molecule has 0 N–H and O–H groups in total. The Morgan fingerprint density at radius 1 is 0.284 bits per heavy atom. The fourth-order valence-corrected chi connectivity index (χ4v) is 9.73. The van der Waals surface area contributed by atoms with Crippen LogP contribution in [0, 0.1) is 0 Å². The fraction of sp³-hybridized carbons (Fsp3) is 0.838. The van der Waals surface area contributed by atoms with E-state index in [-0.39, 0.29) is 31.1 Å². The molecule has 0 heterocycles. The Labute approximate surface area is 460 Å². The zero-order valence-electron chi connectivity index (χ0n) is 49.6. The number of carbonyl (C=O) groups excluding carboxylic acids is 3. The molecule has 0 spiro atoms. The van der Waals surface area contributed by atoms with Crippen LogP contribution in [0.2, 0.25) is 0 Å². The average molecular weight is 1040 g/mol. The van der Waals surface area contributed by atoms with E-state index in [2.05, 4.69) is 69.4 Å². The number of hydrogen-bond acceptors (Lipinski definition) is 6. The van der Waals surface area contributed by atoms with E-state index in [9.17, 15) is 14.4 Å². The Morgan fingerprint density at radius 3 is 0.824 bits per heavy atom. The van der Waals surface area contributed by atoms with E-state index in [0.717, 1.165) is 83.5 Å². The van der Waals surface area contributed by atoms with Gasteiger partial charge in [0, 0.05) is 19.3 Å². The van der Waals surface area contributed by atoms with Crippen molar-refractivity contribution in [2.75, 3.05) is 13.2 Å². The Balaban J connectivity index is 4.10. The summed E-state index contributed by atoms with van der Waals surface area (Å²) in [6.45, 7) is 6.56. The molecular weight excluding hydrogens is 913 g/mol. The van der Waals surface area contributed by atoms with Crippen molar-refractivity contribution in [2.24, 2.45) is 0 Å². The maximum absolute atomic E-state index is 12.9. The summed E-state index contributed by atoms with van der Waals surface area (Å²) < 4.78 is 16.9. The van der Waals surface area contributed by atoms with Crippen molar-refractivity contribution in [1.82, 2.24) is 0 Å². The molecule has 1 atom stereocenters. The summed E-state index contributed by atoms with van der Waals surface area (Å²) >= 11 is 0.